The largest absolute Gasteiger partial charge is 0.508 e. The van der Waals surface area contributed by atoms with Crippen LogP contribution in [-0.4, -0.2) is 19.4 Å². The lowest BCUT2D eigenvalue weighted by Crippen LogP contribution is -2.13. The number of carbonyl (C=O) groups is 1. The molecule has 0 fully saturated rings. The van der Waals surface area contributed by atoms with Crippen LogP contribution in [0.2, 0.25) is 0 Å². The molecule has 0 aromatic heterocycles. The molecule has 7 heteroatoms. The number of rotatable bonds is 3. The van der Waals surface area contributed by atoms with Gasteiger partial charge in [0, 0.05) is 5.56 Å². The fourth-order valence-electron chi connectivity index (χ4n) is 1.59. The molecule has 0 unspecified atom stereocenters. The number of anilines is 1. The van der Waals surface area contributed by atoms with Gasteiger partial charge in [-0.1, -0.05) is 12.1 Å². The molecular weight excluding hydrogens is 285 g/mol. The number of para-hydroxylation sites is 1. The van der Waals surface area contributed by atoms with E-state index in [0.717, 1.165) is 6.07 Å². The Morgan fingerprint density at radius 3 is 2.25 bits per heavy atom. The Bertz CT molecular complexity index is 741. The Hall–Kier alpha value is -2.41. The second-order valence-corrected chi connectivity index (χ2v) is 5.25. The van der Waals surface area contributed by atoms with Crippen LogP contribution >= 0.6 is 0 Å². The minimum absolute atomic E-state index is 0.00622. The second-order valence-electron chi connectivity index (χ2n) is 3.94. The number of hydrogen-bond donors (Lipinski definition) is 2. The molecule has 0 spiro atoms. The van der Waals surface area contributed by atoms with Crippen molar-refractivity contribution < 1.29 is 22.2 Å². The summed E-state index contributed by atoms with van der Waals surface area (Å²) in [5, 5.41) is 11.4. The third kappa shape index (κ3) is 3.12. The number of halogens is 1. The Balaban J connectivity index is 2.31. The van der Waals surface area contributed by atoms with Crippen molar-refractivity contribution in [3.63, 3.8) is 0 Å². The van der Waals surface area contributed by atoms with Gasteiger partial charge in [0.05, 0.1) is 5.69 Å². The van der Waals surface area contributed by atoms with Gasteiger partial charge in [0.25, 0.3) is 5.91 Å². The number of phenols is 1. The van der Waals surface area contributed by atoms with Crippen molar-refractivity contribution >= 4 is 21.8 Å². The zero-order valence-corrected chi connectivity index (χ0v) is 10.9. The van der Waals surface area contributed by atoms with E-state index in [-0.39, 0.29) is 17.0 Å². The van der Waals surface area contributed by atoms with Gasteiger partial charge in [-0.2, -0.15) is 8.42 Å². The minimum Gasteiger partial charge on any atom is -0.508 e. The zero-order chi connectivity index (χ0) is 14.8. The predicted octanol–water partition coefficient (Wildman–Crippen LogP) is 2.30. The molecule has 0 saturated heterocycles. The highest BCUT2D eigenvalue weighted by Gasteiger charge is 2.18. The van der Waals surface area contributed by atoms with Crippen molar-refractivity contribution in [1.82, 2.24) is 0 Å². The van der Waals surface area contributed by atoms with Gasteiger partial charge in [-0.3, -0.25) is 4.79 Å². The van der Waals surface area contributed by atoms with Gasteiger partial charge in [0.2, 0.25) is 0 Å². The SMILES string of the molecule is O=C(Nc1ccccc1S(=O)(=O)F)c1ccc(O)cc1. The topological polar surface area (TPSA) is 83.5 Å². The minimum atomic E-state index is -4.92. The van der Waals surface area contributed by atoms with E-state index in [0.29, 0.717) is 0 Å². The first-order valence-electron chi connectivity index (χ1n) is 5.52. The van der Waals surface area contributed by atoms with Crippen molar-refractivity contribution in [1.29, 1.82) is 0 Å². The van der Waals surface area contributed by atoms with E-state index in [1.54, 1.807) is 0 Å². The lowest BCUT2D eigenvalue weighted by atomic mass is 10.2. The summed E-state index contributed by atoms with van der Waals surface area (Å²) in [5.74, 6) is -0.616. The fraction of sp³-hybridized carbons (Fsp3) is 0. The molecule has 2 aromatic carbocycles. The Morgan fingerprint density at radius 2 is 1.65 bits per heavy atom. The van der Waals surface area contributed by atoms with Crippen LogP contribution < -0.4 is 5.32 Å². The average molecular weight is 295 g/mol. The van der Waals surface area contributed by atoms with Crippen LogP contribution in [0.25, 0.3) is 0 Å². The second kappa shape index (κ2) is 5.30. The average Bonchev–Trinajstić information content (AvgIpc) is 2.38. The summed E-state index contributed by atoms with van der Waals surface area (Å²) >= 11 is 0. The quantitative estimate of drug-likeness (QED) is 0.851. The van der Waals surface area contributed by atoms with Gasteiger partial charge in [-0.15, -0.1) is 3.89 Å². The zero-order valence-electron chi connectivity index (χ0n) is 10.1. The smallest absolute Gasteiger partial charge is 0.334 e. The van der Waals surface area contributed by atoms with Gasteiger partial charge in [-0.05, 0) is 36.4 Å². The number of amides is 1. The summed E-state index contributed by atoms with van der Waals surface area (Å²) in [4.78, 5) is 11.3. The number of aromatic hydroxyl groups is 1. The van der Waals surface area contributed by atoms with Crippen LogP contribution in [0, 0.1) is 0 Å². The van der Waals surface area contributed by atoms with Gasteiger partial charge in [0.15, 0.2) is 0 Å². The lowest BCUT2D eigenvalue weighted by Gasteiger charge is -2.08. The van der Waals surface area contributed by atoms with Gasteiger partial charge in [0.1, 0.15) is 10.6 Å². The van der Waals surface area contributed by atoms with Crippen LogP contribution in [-0.2, 0) is 10.2 Å². The van der Waals surface area contributed by atoms with Crippen LogP contribution in [0.1, 0.15) is 10.4 Å². The molecule has 0 aliphatic rings. The molecule has 5 nitrogen and oxygen atoms in total. The van der Waals surface area contributed by atoms with Crippen LogP contribution in [0.5, 0.6) is 5.75 Å². The lowest BCUT2D eigenvalue weighted by molar-refractivity contribution is 0.102. The summed E-state index contributed by atoms with van der Waals surface area (Å²) < 4.78 is 35.0. The van der Waals surface area contributed by atoms with Crippen molar-refractivity contribution in [2.75, 3.05) is 5.32 Å². The normalized spacial score (nSPS) is 11.1. The monoisotopic (exact) mass is 295 g/mol. The molecule has 0 saturated carbocycles. The molecule has 104 valence electrons. The molecule has 2 aromatic rings. The molecule has 20 heavy (non-hydrogen) atoms. The van der Waals surface area contributed by atoms with E-state index < -0.39 is 21.0 Å². The predicted molar refractivity (Wildman–Crippen MR) is 70.8 cm³/mol. The van der Waals surface area contributed by atoms with Gasteiger partial charge in [-0.25, -0.2) is 0 Å². The van der Waals surface area contributed by atoms with Crippen LogP contribution in [0.15, 0.2) is 53.4 Å². The Labute approximate surface area is 114 Å². The third-order valence-corrected chi connectivity index (χ3v) is 3.41. The molecule has 0 aliphatic carbocycles. The molecule has 1 amide bonds. The molecular formula is C13H10FNO4S. The van der Waals surface area contributed by atoms with Crippen LogP contribution in [0.4, 0.5) is 9.57 Å². The van der Waals surface area contributed by atoms with E-state index >= 15 is 0 Å². The first-order valence-corrected chi connectivity index (χ1v) is 6.90. The van der Waals surface area contributed by atoms with Crippen molar-refractivity contribution in [2.45, 2.75) is 4.90 Å². The van der Waals surface area contributed by atoms with Gasteiger partial charge >= 0.3 is 10.2 Å². The maximum absolute atomic E-state index is 13.1. The van der Waals surface area contributed by atoms with E-state index in [1.165, 1.54) is 42.5 Å². The Kier molecular flexibility index (Phi) is 3.71. The Morgan fingerprint density at radius 1 is 1.05 bits per heavy atom. The van der Waals surface area contributed by atoms with E-state index in [9.17, 15) is 17.1 Å². The molecule has 2 rings (SSSR count). The molecule has 0 atom stereocenters. The molecule has 0 heterocycles. The number of hydrogen-bond acceptors (Lipinski definition) is 4. The highest BCUT2D eigenvalue weighted by atomic mass is 32.3. The van der Waals surface area contributed by atoms with Crippen molar-refractivity contribution in [3.8, 4) is 5.75 Å². The van der Waals surface area contributed by atoms with Crippen molar-refractivity contribution in [3.05, 3.63) is 54.1 Å². The first kappa shape index (κ1) is 14.0. The molecule has 0 radical (unpaired) electrons. The standard InChI is InChI=1S/C13H10FNO4S/c14-20(18,19)12-4-2-1-3-11(12)15-13(17)9-5-7-10(16)8-6-9/h1-8,16H,(H,15,17). The highest BCUT2D eigenvalue weighted by Crippen LogP contribution is 2.23. The van der Waals surface area contributed by atoms with Crippen LogP contribution in [0.3, 0.4) is 0 Å². The van der Waals surface area contributed by atoms with Crippen molar-refractivity contribution in [2.24, 2.45) is 0 Å². The maximum atomic E-state index is 13.1. The van der Waals surface area contributed by atoms with E-state index in [1.807, 2.05) is 0 Å². The molecule has 2 N–H and O–H groups in total. The summed E-state index contributed by atoms with van der Waals surface area (Å²) in [6.07, 6.45) is 0. The van der Waals surface area contributed by atoms with E-state index in [4.69, 9.17) is 5.11 Å². The summed E-state index contributed by atoms with van der Waals surface area (Å²) in [6, 6.07) is 10.5. The summed E-state index contributed by atoms with van der Waals surface area (Å²) in [6.45, 7) is 0. The number of benzene rings is 2. The number of nitrogens with one attached hydrogen (secondary N) is 1. The fourth-order valence-corrected chi connectivity index (χ4v) is 2.21. The first-order chi connectivity index (χ1) is 9.38. The molecule has 0 aliphatic heterocycles. The summed E-state index contributed by atoms with van der Waals surface area (Å²) in [7, 11) is -4.92. The third-order valence-electron chi connectivity index (χ3n) is 2.53. The summed E-state index contributed by atoms with van der Waals surface area (Å²) in [5.41, 5.74) is 0.0573. The van der Waals surface area contributed by atoms with Gasteiger partial charge < -0.3 is 10.4 Å². The number of phenolic OH excluding ortho intramolecular Hbond substituents is 1. The van der Waals surface area contributed by atoms with E-state index in [2.05, 4.69) is 5.32 Å². The number of carbonyl (C=O) groups excluding carboxylic acids is 1. The highest BCUT2D eigenvalue weighted by molar-refractivity contribution is 7.86. The molecule has 0 bridgehead atoms. The maximum Gasteiger partial charge on any atom is 0.334 e.